The Labute approximate surface area is 105 Å². The van der Waals surface area contributed by atoms with E-state index in [1.54, 1.807) is 0 Å². The lowest BCUT2D eigenvalue weighted by atomic mass is 9.91. The van der Waals surface area contributed by atoms with E-state index < -0.39 is 0 Å². The third-order valence-electron chi connectivity index (χ3n) is 3.22. The fourth-order valence-corrected chi connectivity index (χ4v) is 2.75. The van der Waals surface area contributed by atoms with Crippen molar-refractivity contribution < 1.29 is 4.39 Å². The Morgan fingerprint density at radius 1 is 1.50 bits per heavy atom. The number of rotatable bonds is 2. The van der Waals surface area contributed by atoms with Crippen LogP contribution in [-0.2, 0) is 6.42 Å². The molecule has 0 aromatic heterocycles. The predicted molar refractivity (Wildman–Crippen MR) is 68.0 cm³/mol. The van der Waals surface area contributed by atoms with Gasteiger partial charge in [-0.05, 0) is 65.4 Å². The lowest BCUT2D eigenvalue weighted by molar-refractivity contribution is 0.318. The van der Waals surface area contributed by atoms with Gasteiger partial charge in [0.15, 0.2) is 0 Å². The first-order valence-corrected chi connectivity index (χ1v) is 6.62. The van der Waals surface area contributed by atoms with Crippen molar-refractivity contribution in [1.29, 1.82) is 0 Å². The van der Waals surface area contributed by atoms with Crippen LogP contribution >= 0.6 is 15.9 Å². The van der Waals surface area contributed by atoms with Crippen molar-refractivity contribution in [3.05, 3.63) is 34.1 Å². The van der Waals surface area contributed by atoms with Crippen molar-refractivity contribution in [2.45, 2.75) is 32.2 Å². The molecule has 1 aliphatic heterocycles. The number of piperidine rings is 1. The number of halogens is 2. The highest BCUT2D eigenvalue weighted by atomic mass is 79.9. The molecule has 1 N–H and O–H groups in total. The Morgan fingerprint density at radius 2 is 2.31 bits per heavy atom. The molecule has 1 saturated heterocycles. The number of hydrogen-bond donors (Lipinski definition) is 1. The summed E-state index contributed by atoms with van der Waals surface area (Å²) >= 11 is 3.23. The zero-order valence-electron chi connectivity index (χ0n) is 9.47. The van der Waals surface area contributed by atoms with Crippen LogP contribution in [-0.4, -0.2) is 12.6 Å². The molecule has 1 aromatic rings. The van der Waals surface area contributed by atoms with Gasteiger partial charge >= 0.3 is 0 Å². The molecule has 0 amide bonds. The molecule has 1 nitrogen and oxygen atoms in total. The molecule has 0 saturated carbocycles. The molecule has 1 aromatic carbocycles. The average molecular weight is 286 g/mol. The largest absolute Gasteiger partial charge is 0.314 e. The molecule has 2 atom stereocenters. The molecule has 0 aliphatic carbocycles. The first-order valence-electron chi connectivity index (χ1n) is 5.82. The third kappa shape index (κ3) is 3.05. The van der Waals surface area contributed by atoms with Gasteiger partial charge in [0, 0.05) is 6.04 Å². The second-order valence-electron chi connectivity index (χ2n) is 4.73. The average Bonchev–Trinajstić information content (AvgIpc) is 2.24. The summed E-state index contributed by atoms with van der Waals surface area (Å²) in [5.41, 5.74) is 1.19. The molecule has 0 spiro atoms. The fraction of sp³-hybridized carbons (Fsp3) is 0.538. The van der Waals surface area contributed by atoms with E-state index in [2.05, 4.69) is 28.2 Å². The molecular weight excluding hydrogens is 269 g/mol. The van der Waals surface area contributed by atoms with Gasteiger partial charge in [-0.25, -0.2) is 4.39 Å². The minimum Gasteiger partial charge on any atom is -0.314 e. The topological polar surface area (TPSA) is 12.0 Å². The van der Waals surface area contributed by atoms with Gasteiger partial charge in [-0.15, -0.1) is 0 Å². The standard InChI is InChI=1S/C13H17BrFN/c1-9-4-5-16-11(6-9)7-10-2-3-13(15)12(14)8-10/h2-3,8-9,11,16H,4-7H2,1H3. The Hall–Kier alpha value is -0.410. The molecule has 16 heavy (non-hydrogen) atoms. The number of hydrogen-bond acceptors (Lipinski definition) is 1. The molecule has 1 heterocycles. The van der Waals surface area contributed by atoms with Gasteiger partial charge in [0.1, 0.15) is 5.82 Å². The SMILES string of the molecule is CC1CCNC(Cc2ccc(F)c(Br)c2)C1. The second kappa shape index (κ2) is 5.28. The van der Waals surface area contributed by atoms with Crippen LogP contribution in [0.1, 0.15) is 25.3 Å². The molecule has 0 radical (unpaired) electrons. The lowest BCUT2D eigenvalue weighted by Crippen LogP contribution is -2.38. The summed E-state index contributed by atoms with van der Waals surface area (Å²) in [4.78, 5) is 0. The zero-order chi connectivity index (χ0) is 11.5. The van der Waals surface area contributed by atoms with E-state index in [-0.39, 0.29) is 5.82 Å². The van der Waals surface area contributed by atoms with Crippen LogP contribution < -0.4 is 5.32 Å². The zero-order valence-corrected chi connectivity index (χ0v) is 11.1. The smallest absolute Gasteiger partial charge is 0.137 e. The van der Waals surface area contributed by atoms with Crippen molar-refractivity contribution in [1.82, 2.24) is 5.32 Å². The van der Waals surface area contributed by atoms with E-state index in [1.807, 2.05) is 12.1 Å². The van der Waals surface area contributed by atoms with Crippen molar-refractivity contribution in [3.8, 4) is 0 Å². The van der Waals surface area contributed by atoms with E-state index >= 15 is 0 Å². The van der Waals surface area contributed by atoms with Crippen molar-refractivity contribution in [2.75, 3.05) is 6.54 Å². The van der Waals surface area contributed by atoms with Crippen molar-refractivity contribution in [2.24, 2.45) is 5.92 Å². The highest BCUT2D eigenvalue weighted by Crippen LogP contribution is 2.21. The van der Waals surface area contributed by atoms with E-state index in [4.69, 9.17) is 0 Å². The van der Waals surface area contributed by atoms with Gasteiger partial charge in [0.2, 0.25) is 0 Å². The first-order chi connectivity index (χ1) is 7.65. The van der Waals surface area contributed by atoms with E-state index in [0.29, 0.717) is 10.5 Å². The van der Waals surface area contributed by atoms with Crippen LogP contribution in [0.5, 0.6) is 0 Å². The minimum atomic E-state index is -0.186. The maximum atomic E-state index is 13.1. The van der Waals surface area contributed by atoms with Gasteiger partial charge in [-0.1, -0.05) is 13.0 Å². The van der Waals surface area contributed by atoms with Crippen LogP contribution in [0.2, 0.25) is 0 Å². The Morgan fingerprint density at radius 3 is 3.00 bits per heavy atom. The quantitative estimate of drug-likeness (QED) is 0.877. The molecule has 2 rings (SSSR count). The molecule has 0 bridgehead atoms. The van der Waals surface area contributed by atoms with Crippen LogP contribution in [0.25, 0.3) is 0 Å². The monoisotopic (exact) mass is 285 g/mol. The fourth-order valence-electron chi connectivity index (χ4n) is 2.33. The highest BCUT2D eigenvalue weighted by Gasteiger charge is 2.18. The normalized spacial score (nSPS) is 25.7. The van der Waals surface area contributed by atoms with Crippen LogP contribution in [0.4, 0.5) is 4.39 Å². The van der Waals surface area contributed by atoms with Crippen LogP contribution in [0, 0.1) is 11.7 Å². The summed E-state index contributed by atoms with van der Waals surface area (Å²) in [5.74, 6) is 0.615. The maximum absolute atomic E-state index is 13.1. The van der Waals surface area contributed by atoms with Gasteiger partial charge in [-0.3, -0.25) is 0 Å². The van der Waals surface area contributed by atoms with E-state index in [0.717, 1.165) is 18.9 Å². The van der Waals surface area contributed by atoms with Crippen LogP contribution in [0.15, 0.2) is 22.7 Å². The first kappa shape index (κ1) is 12.1. The summed E-state index contributed by atoms with van der Waals surface area (Å²) in [6.07, 6.45) is 3.47. The number of benzene rings is 1. The van der Waals surface area contributed by atoms with Gasteiger partial charge in [0.05, 0.1) is 4.47 Å². The molecule has 3 heteroatoms. The Balaban J connectivity index is 2.00. The summed E-state index contributed by atoms with van der Waals surface area (Å²) in [5, 5.41) is 3.52. The van der Waals surface area contributed by atoms with Gasteiger partial charge < -0.3 is 5.32 Å². The third-order valence-corrected chi connectivity index (χ3v) is 3.83. The van der Waals surface area contributed by atoms with Crippen molar-refractivity contribution in [3.63, 3.8) is 0 Å². The Bertz CT molecular complexity index is 367. The summed E-state index contributed by atoms with van der Waals surface area (Å²) < 4.78 is 13.6. The molecular formula is C13H17BrFN. The number of nitrogens with one attached hydrogen (secondary N) is 1. The van der Waals surface area contributed by atoms with E-state index in [9.17, 15) is 4.39 Å². The van der Waals surface area contributed by atoms with Crippen molar-refractivity contribution >= 4 is 15.9 Å². The van der Waals surface area contributed by atoms with Crippen LogP contribution in [0.3, 0.4) is 0 Å². The maximum Gasteiger partial charge on any atom is 0.137 e. The summed E-state index contributed by atoms with van der Waals surface area (Å²) in [6, 6.07) is 5.84. The molecule has 1 fully saturated rings. The molecule has 88 valence electrons. The van der Waals surface area contributed by atoms with Gasteiger partial charge in [0.25, 0.3) is 0 Å². The highest BCUT2D eigenvalue weighted by molar-refractivity contribution is 9.10. The summed E-state index contributed by atoms with van der Waals surface area (Å²) in [7, 11) is 0. The predicted octanol–water partition coefficient (Wildman–Crippen LogP) is 3.52. The minimum absolute atomic E-state index is 0.186. The van der Waals surface area contributed by atoms with Gasteiger partial charge in [-0.2, -0.15) is 0 Å². The molecule has 1 aliphatic rings. The lowest BCUT2D eigenvalue weighted by Gasteiger charge is -2.28. The second-order valence-corrected chi connectivity index (χ2v) is 5.59. The molecule has 2 unspecified atom stereocenters. The Kier molecular flexibility index (Phi) is 3.98. The summed E-state index contributed by atoms with van der Waals surface area (Å²) in [6.45, 7) is 3.41. The van der Waals surface area contributed by atoms with E-state index in [1.165, 1.54) is 24.5 Å².